The van der Waals surface area contributed by atoms with Crippen LogP contribution in [-0.4, -0.2) is 60.0 Å². The lowest BCUT2D eigenvalue weighted by atomic mass is 10.2. The molecule has 1 N–H and O–H groups in total. The van der Waals surface area contributed by atoms with Gasteiger partial charge < -0.3 is 10.2 Å². The molecule has 3 heterocycles. The fourth-order valence-electron chi connectivity index (χ4n) is 3.03. The Morgan fingerprint density at radius 2 is 2.17 bits per heavy atom. The summed E-state index contributed by atoms with van der Waals surface area (Å²) in [5, 5.41) is 4.58. The van der Waals surface area contributed by atoms with Crippen molar-refractivity contribution in [3.05, 3.63) is 28.2 Å². The zero-order valence-corrected chi connectivity index (χ0v) is 14.2. The second-order valence-corrected chi connectivity index (χ2v) is 6.78. The molecule has 0 spiro atoms. The first kappa shape index (κ1) is 17.2. The molecule has 1 atom stereocenters. The molecule has 5 nitrogen and oxygen atoms in total. The van der Waals surface area contributed by atoms with Gasteiger partial charge in [0.25, 0.3) is 0 Å². The van der Waals surface area contributed by atoms with E-state index in [-0.39, 0.29) is 6.54 Å². The Kier molecular flexibility index (Phi) is 5.09. The van der Waals surface area contributed by atoms with Crippen LogP contribution >= 0.6 is 11.3 Å². The van der Waals surface area contributed by atoms with E-state index in [1.165, 1.54) is 0 Å². The molecule has 0 saturated carbocycles. The van der Waals surface area contributed by atoms with Gasteiger partial charge in [0.05, 0.1) is 6.54 Å². The number of alkyl halides is 3. The third kappa shape index (κ3) is 3.89. The number of hydrogen-bond donors (Lipinski definition) is 1. The van der Waals surface area contributed by atoms with Crippen LogP contribution in [0.15, 0.2) is 22.5 Å². The summed E-state index contributed by atoms with van der Waals surface area (Å²) in [7, 11) is 1.69. The Hall–Kier alpha value is -1.61. The number of halogens is 3. The number of thiazole rings is 1. The van der Waals surface area contributed by atoms with E-state index in [0.29, 0.717) is 17.0 Å². The summed E-state index contributed by atoms with van der Waals surface area (Å²) in [4.78, 5) is 12.5. The zero-order chi connectivity index (χ0) is 17.2. The van der Waals surface area contributed by atoms with Crippen LogP contribution in [0.4, 0.5) is 13.2 Å². The molecule has 1 fully saturated rings. The fourth-order valence-corrected chi connectivity index (χ4v) is 3.77. The maximum absolute atomic E-state index is 12.6. The monoisotopic (exact) mass is 359 g/mol. The minimum absolute atomic E-state index is 0.250. The van der Waals surface area contributed by atoms with Gasteiger partial charge in [-0.1, -0.05) is 12.2 Å². The van der Waals surface area contributed by atoms with Gasteiger partial charge >= 0.3 is 6.18 Å². The quantitative estimate of drug-likeness (QED) is 0.510. The molecule has 0 radical (unpaired) electrons. The number of rotatable bonds is 3. The highest BCUT2D eigenvalue weighted by Gasteiger charge is 2.34. The summed E-state index contributed by atoms with van der Waals surface area (Å²) in [5.41, 5.74) is -0.831. The number of likely N-dealkylation sites (tertiary alicyclic amines) is 1. The van der Waals surface area contributed by atoms with E-state index in [9.17, 15) is 13.2 Å². The van der Waals surface area contributed by atoms with Crippen LogP contribution in [0, 0.1) is 0 Å². The van der Waals surface area contributed by atoms with Crippen LogP contribution in [0.5, 0.6) is 0 Å². The highest BCUT2D eigenvalue weighted by Crippen LogP contribution is 2.30. The molecule has 0 bridgehead atoms. The van der Waals surface area contributed by atoms with Crippen LogP contribution in [0.2, 0.25) is 0 Å². The highest BCUT2D eigenvalue weighted by atomic mass is 32.1. The molecule has 0 aliphatic carbocycles. The van der Waals surface area contributed by atoms with Gasteiger partial charge in [0.2, 0.25) is 0 Å². The predicted octanol–water partition coefficient (Wildman–Crippen LogP) is 2.18. The summed E-state index contributed by atoms with van der Waals surface area (Å²) < 4.78 is 37.8. The van der Waals surface area contributed by atoms with Gasteiger partial charge in [-0.25, -0.2) is 4.98 Å². The van der Waals surface area contributed by atoms with E-state index in [1.807, 2.05) is 0 Å². The van der Waals surface area contributed by atoms with Crippen LogP contribution in [-0.2, 0) is 12.7 Å². The third-order valence-electron chi connectivity index (χ3n) is 4.28. The minimum atomic E-state index is -4.39. The fraction of sp³-hybridized carbons (Fsp3) is 0.600. The van der Waals surface area contributed by atoms with E-state index in [1.54, 1.807) is 7.05 Å². The molecule has 0 aromatic carbocycles. The van der Waals surface area contributed by atoms with Crippen LogP contribution in [0.3, 0.4) is 0 Å². The van der Waals surface area contributed by atoms with Crippen LogP contribution in [0.1, 0.15) is 17.1 Å². The number of hydrogen-bond acceptors (Lipinski definition) is 4. The summed E-state index contributed by atoms with van der Waals surface area (Å²) in [6.45, 7) is 4.01. The number of aromatic nitrogens is 1. The van der Waals surface area contributed by atoms with Gasteiger partial charge in [-0.05, 0) is 6.42 Å². The lowest BCUT2D eigenvalue weighted by Gasteiger charge is -2.25. The Morgan fingerprint density at radius 1 is 1.42 bits per heavy atom. The first-order valence-corrected chi connectivity index (χ1v) is 8.71. The molecule has 3 rings (SSSR count). The average Bonchev–Trinajstić information content (AvgIpc) is 3.28. The van der Waals surface area contributed by atoms with Crippen molar-refractivity contribution in [1.29, 1.82) is 0 Å². The first-order chi connectivity index (χ1) is 11.5. The normalized spacial score (nSPS) is 22.6. The molecule has 1 saturated heterocycles. The Balaban J connectivity index is 1.53. The lowest BCUT2D eigenvalue weighted by molar-refractivity contribution is -0.140. The predicted molar refractivity (Wildman–Crippen MR) is 88.0 cm³/mol. The van der Waals surface area contributed by atoms with Gasteiger partial charge in [0, 0.05) is 44.6 Å². The van der Waals surface area contributed by atoms with Crippen molar-refractivity contribution in [2.24, 2.45) is 4.99 Å². The van der Waals surface area contributed by atoms with Crippen molar-refractivity contribution < 1.29 is 13.2 Å². The van der Waals surface area contributed by atoms with Crippen molar-refractivity contribution in [2.45, 2.75) is 25.2 Å². The van der Waals surface area contributed by atoms with Gasteiger partial charge in [-0.15, -0.1) is 11.3 Å². The van der Waals surface area contributed by atoms with Crippen molar-refractivity contribution in [2.75, 3.05) is 33.2 Å². The van der Waals surface area contributed by atoms with Gasteiger partial charge in [0.15, 0.2) is 11.7 Å². The molecule has 1 aromatic heterocycles. The highest BCUT2D eigenvalue weighted by molar-refractivity contribution is 7.09. The molecule has 1 aromatic rings. The third-order valence-corrected chi connectivity index (χ3v) is 5.13. The van der Waals surface area contributed by atoms with Crippen LogP contribution < -0.4 is 5.32 Å². The maximum atomic E-state index is 12.6. The second-order valence-electron chi connectivity index (χ2n) is 5.84. The van der Waals surface area contributed by atoms with E-state index in [4.69, 9.17) is 0 Å². The molecular formula is C15H20F3N5S. The molecule has 9 heteroatoms. The molecule has 24 heavy (non-hydrogen) atoms. The van der Waals surface area contributed by atoms with Gasteiger partial charge in [-0.3, -0.25) is 9.89 Å². The smallest absolute Gasteiger partial charge is 0.350 e. The molecular weight excluding hydrogens is 339 g/mol. The number of nitrogens with one attached hydrogen (secondary N) is 1. The summed E-state index contributed by atoms with van der Waals surface area (Å²) >= 11 is 1.01. The topological polar surface area (TPSA) is 43.8 Å². The number of nitrogens with zero attached hydrogens (tertiary/aromatic N) is 4. The van der Waals surface area contributed by atoms with E-state index in [0.717, 1.165) is 49.3 Å². The van der Waals surface area contributed by atoms with Crippen molar-refractivity contribution in [1.82, 2.24) is 20.1 Å². The lowest BCUT2D eigenvalue weighted by Crippen LogP contribution is -2.42. The molecule has 2 aliphatic rings. The van der Waals surface area contributed by atoms with Crippen molar-refractivity contribution in [3.8, 4) is 0 Å². The van der Waals surface area contributed by atoms with Crippen molar-refractivity contribution >= 4 is 17.3 Å². The standard InChI is InChI=1S/C15H20F3N5S/c1-19-14(20-8-13-21-12(10-24-13)15(16,17)18)23-7-4-11(9-23)22-5-2-3-6-22/h2-3,10-11H,4-9H2,1H3,(H,19,20). The van der Waals surface area contributed by atoms with Crippen LogP contribution in [0.25, 0.3) is 0 Å². The largest absolute Gasteiger partial charge is 0.434 e. The van der Waals surface area contributed by atoms with E-state index in [2.05, 4.69) is 37.2 Å². The molecule has 132 valence electrons. The average molecular weight is 359 g/mol. The zero-order valence-electron chi connectivity index (χ0n) is 13.4. The first-order valence-electron chi connectivity index (χ1n) is 7.83. The van der Waals surface area contributed by atoms with E-state index < -0.39 is 11.9 Å². The van der Waals surface area contributed by atoms with Crippen molar-refractivity contribution in [3.63, 3.8) is 0 Å². The van der Waals surface area contributed by atoms with Gasteiger partial charge in [-0.2, -0.15) is 13.2 Å². The number of guanidine groups is 1. The maximum Gasteiger partial charge on any atom is 0.434 e. The Labute approximate surface area is 142 Å². The van der Waals surface area contributed by atoms with E-state index >= 15 is 0 Å². The summed E-state index contributed by atoms with van der Waals surface area (Å²) in [6, 6.07) is 0.496. The SMILES string of the molecule is CN=C(NCc1nc(C(F)(F)F)cs1)N1CCC(N2CC=CC2)C1. The number of aliphatic imine (C=N–C) groups is 1. The summed E-state index contributed by atoms with van der Waals surface area (Å²) in [6.07, 6.45) is 1.03. The molecule has 1 unspecified atom stereocenters. The second kappa shape index (κ2) is 7.10. The summed E-state index contributed by atoms with van der Waals surface area (Å²) in [5.74, 6) is 0.716. The van der Waals surface area contributed by atoms with Gasteiger partial charge in [0.1, 0.15) is 5.01 Å². The molecule has 0 amide bonds. The Bertz CT molecular complexity index is 617. The minimum Gasteiger partial charge on any atom is -0.350 e. The Morgan fingerprint density at radius 3 is 2.79 bits per heavy atom. The molecule has 2 aliphatic heterocycles.